The van der Waals surface area contributed by atoms with Crippen LogP contribution in [0.4, 0.5) is 0 Å². The van der Waals surface area contributed by atoms with Gasteiger partial charge in [0.05, 0.1) is 0 Å². The SMILES string of the molecule is CC(S)(N=NC(C)(S)C(N)=O)C(N)=O.Cl.Cl. The van der Waals surface area contributed by atoms with Gasteiger partial charge >= 0.3 is 0 Å². The van der Waals surface area contributed by atoms with Crippen LogP contribution in [0.15, 0.2) is 10.2 Å². The van der Waals surface area contributed by atoms with E-state index in [1.165, 1.54) is 13.8 Å². The second-order valence-electron chi connectivity index (χ2n) is 2.97. The third kappa shape index (κ3) is 6.41. The van der Waals surface area contributed by atoms with Crippen LogP contribution in [0.3, 0.4) is 0 Å². The quantitative estimate of drug-likeness (QED) is 0.449. The van der Waals surface area contributed by atoms with E-state index >= 15 is 0 Å². The van der Waals surface area contributed by atoms with Crippen molar-refractivity contribution in [1.82, 2.24) is 0 Å². The van der Waals surface area contributed by atoms with Gasteiger partial charge in [0.15, 0.2) is 9.74 Å². The lowest BCUT2D eigenvalue weighted by Gasteiger charge is -2.16. The van der Waals surface area contributed by atoms with Crippen LogP contribution in [0.5, 0.6) is 0 Å². The molecule has 2 atom stereocenters. The highest BCUT2D eigenvalue weighted by Crippen LogP contribution is 2.21. The Bertz CT molecular complexity index is 268. The number of amides is 2. The van der Waals surface area contributed by atoms with Crippen LogP contribution in [0.1, 0.15) is 13.8 Å². The first-order valence-corrected chi connectivity index (χ1v) is 4.47. The fourth-order valence-corrected chi connectivity index (χ4v) is 0.383. The molecule has 4 N–H and O–H groups in total. The zero-order chi connectivity index (χ0) is 11.6. The van der Waals surface area contributed by atoms with Crippen molar-refractivity contribution in [2.75, 3.05) is 0 Å². The lowest BCUT2D eigenvalue weighted by Crippen LogP contribution is -2.37. The van der Waals surface area contributed by atoms with Gasteiger partial charge in [0.1, 0.15) is 0 Å². The van der Waals surface area contributed by atoms with Gasteiger partial charge in [0, 0.05) is 0 Å². The molecule has 0 heterocycles. The summed E-state index contributed by atoms with van der Waals surface area (Å²) in [6.45, 7) is 2.68. The second-order valence-corrected chi connectivity index (χ2v) is 4.71. The highest BCUT2D eigenvalue weighted by Gasteiger charge is 2.30. The van der Waals surface area contributed by atoms with Crippen LogP contribution < -0.4 is 11.5 Å². The van der Waals surface area contributed by atoms with Crippen LogP contribution in [0.25, 0.3) is 0 Å². The predicted molar refractivity (Wildman–Crippen MR) is 72.5 cm³/mol. The molecule has 0 saturated heterocycles. The molecule has 0 bridgehead atoms. The van der Waals surface area contributed by atoms with Crippen LogP contribution in [-0.4, -0.2) is 21.6 Å². The van der Waals surface area contributed by atoms with E-state index < -0.39 is 21.6 Å². The molecule has 0 aliphatic carbocycles. The maximum absolute atomic E-state index is 10.8. The lowest BCUT2D eigenvalue weighted by molar-refractivity contribution is -0.121. The molecule has 0 fully saturated rings. The smallest absolute Gasteiger partial charge is 0.257 e. The Morgan fingerprint density at radius 2 is 1.12 bits per heavy atom. The number of halogens is 2. The first kappa shape index (κ1) is 21.1. The maximum atomic E-state index is 10.8. The van der Waals surface area contributed by atoms with E-state index in [1.807, 2.05) is 0 Å². The maximum Gasteiger partial charge on any atom is 0.257 e. The standard InChI is InChI=1S/C6H12N4O2S2.2ClH/c1-5(13,3(7)11)9-10-6(2,14)4(8)12;;/h13-14H,1-2H3,(H2,7,11)(H2,8,12);2*1H. The van der Waals surface area contributed by atoms with Crippen molar-refractivity contribution in [2.24, 2.45) is 21.7 Å². The number of azo groups is 1. The molecule has 0 aliphatic rings. The highest BCUT2D eigenvalue weighted by atomic mass is 35.5. The molecule has 0 aromatic heterocycles. The molecule has 0 radical (unpaired) electrons. The minimum atomic E-state index is -1.47. The van der Waals surface area contributed by atoms with Crippen LogP contribution in [0.2, 0.25) is 0 Å². The average molecular weight is 309 g/mol. The van der Waals surface area contributed by atoms with Gasteiger partial charge in [0.25, 0.3) is 11.8 Å². The second kappa shape index (κ2) is 7.21. The van der Waals surface area contributed by atoms with Crippen LogP contribution in [0, 0.1) is 0 Å². The van der Waals surface area contributed by atoms with Crippen molar-refractivity contribution < 1.29 is 9.59 Å². The first-order valence-electron chi connectivity index (χ1n) is 3.58. The van der Waals surface area contributed by atoms with Gasteiger partial charge in [0.2, 0.25) is 0 Å². The molecule has 0 aliphatic heterocycles. The molecule has 2 unspecified atom stereocenters. The fraction of sp³-hybridized carbons (Fsp3) is 0.667. The van der Waals surface area contributed by atoms with Crippen molar-refractivity contribution in [3.63, 3.8) is 0 Å². The molecule has 0 rings (SSSR count). The molecule has 16 heavy (non-hydrogen) atoms. The summed E-state index contributed by atoms with van der Waals surface area (Å²) in [4.78, 5) is 18.6. The summed E-state index contributed by atoms with van der Waals surface area (Å²) in [5.74, 6) is -1.56. The molecule has 6 nitrogen and oxygen atoms in total. The summed E-state index contributed by atoms with van der Waals surface area (Å²) >= 11 is 7.68. The lowest BCUT2D eigenvalue weighted by atomic mass is 10.3. The van der Waals surface area contributed by atoms with E-state index in [2.05, 4.69) is 35.5 Å². The Kier molecular flexibility index (Phi) is 9.52. The molecule has 0 saturated carbocycles. The van der Waals surface area contributed by atoms with E-state index in [0.717, 1.165) is 0 Å². The van der Waals surface area contributed by atoms with Gasteiger partial charge in [-0.2, -0.15) is 10.2 Å². The molecular formula is C6H14Cl2N4O2S2. The Hall–Kier alpha value is -0.180. The monoisotopic (exact) mass is 308 g/mol. The Balaban J connectivity index is -0.000000845. The first-order chi connectivity index (χ1) is 6.09. The van der Waals surface area contributed by atoms with Gasteiger partial charge < -0.3 is 11.5 Å². The van der Waals surface area contributed by atoms with Gasteiger partial charge in [-0.25, -0.2) is 0 Å². The number of nitrogens with two attached hydrogens (primary N) is 2. The summed E-state index contributed by atoms with van der Waals surface area (Å²) in [5, 5.41) is 6.97. The van der Waals surface area contributed by atoms with E-state index in [-0.39, 0.29) is 24.8 Å². The van der Waals surface area contributed by atoms with Gasteiger partial charge in [-0.05, 0) is 13.8 Å². The zero-order valence-corrected chi connectivity index (χ0v) is 12.0. The fourth-order valence-electron chi connectivity index (χ4n) is 0.293. The highest BCUT2D eigenvalue weighted by molar-refractivity contribution is 7.83. The van der Waals surface area contributed by atoms with Crippen molar-refractivity contribution in [2.45, 2.75) is 23.6 Å². The number of carbonyl (C=O) groups is 2. The number of thiol groups is 2. The summed E-state index contributed by atoms with van der Waals surface area (Å²) in [7, 11) is 0. The van der Waals surface area contributed by atoms with Crippen molar-refractivity contribution in [3.8, 4) is 0 Å². The predicted octanol–water partition coefficient (Wildman–Crippen LogP) is 0.545. The minimum Gasteiger partial charge on any atom is -0.367 e. The third-order valence-corrected chi connectivity index (χ3v) is 1.99. The van der Waals surface area contributed by atoms with Crippen molar-refractivity contribution in [1.29, 1.82) is 0 Å². The summed E-state index contributed by atoms with van der Waals surface area (Å²) in [6, 6.07) is 0. The molecular weight excluding hydrogens is 295 g/mol. The van der Waals surface area contributed by atoms with E-state index in [1.54, 1.807) is 0 Å². The molecule has 2 amide bonds. The zero-order valence-electron chi connectivity index (χ0n) is 8.58. The van der Waals surface area contributed by atoms with Gasteiger partial charge in [-0.1, -0.05) is 0 Å². The molecule has 96 valence electrons. The van der Waals surface area contributed by atoms with Crippen LogP contribution >= 0.6 is 50.1 Å². The van der Waals surface area contributed by atoms with Gasteiger partial charge in [-0.15, -0.1) is 50.1 Å². The van der Waals surface area contributed by atoms with Crippen molar-refractivity contribution >= 4 is 61.9 Å². The number of nitrogens with zero attached hydrogens (tertiary/aromatic N) is 2. The Labute approximate surface area is 117 Å². The number of hydrogen-bond donors (Lipinski definition) is 4. The minimum absolute atomic E-state index is 0. The summed E-state index contributed by atoms with van der Waals surface area (Å²) < 4.78 is 0. The number of hydrogen-bond acceptors (Lipinski definition) is 6. The largest absolute Gasteiger partial charge is 0.367 e. The number of primary amides is 2. The molecule has 0 spiro atoms. The topological polar surface area (TPSA) is 111 Å². The summed E-state index contributed by atoms with van der Waals surface area (Å²) in [6.07, 6.45) is 0. The summed E-state index contributed by atoms with van der Waals surface area (Å²) in [5.41, 5.74) is 9.93. The van der Waals surface area contributed by atoms with E-state index in [4.69, 9.17) is 11.5 Å². The molecule has 10 heteroatoms. The number of rotatable bonds is 4. The molecule has 0 aromatic rings. The van der Waals surface area contributed by atoms with Crippen LogP contribution in [-0.2, 0) is 9.59 Å². The number of carbonyl (C=O) groups excluding carboxylic acids is 2. The third-order valence-electron chi connectivity index (χ3n) is 1.37. The van der Waals surface area contributed by atoms with Gasteiger partial charge in [-0.3, -0.25) is 9.59 Å². The van der Waals surface area contributed by atoms with E-state index in [9.17, 15) is 9.59 Å². The Morgan fingerprint density at radius 1 is 0.938 bits per heavy atom. The normalized spacial score (nSPS) is 17.5. The average Bonchev–Trinajstić information content (AvgIpc) is 2.01. The van der Waals surface area contributed by atoms with Crippen molar-refractivity contribution in [3.05, 3.63) is 0 Å². The molecule has 0 aromatic carbocycles. The van der Waals surface area contributed by atoms with E-state index in [0.29, 0.717) is 0 Å². The Morgan fingerprint density at radius 3 is 1.25 bits per heavy atom.